The summed E-state index contributed by atoms with van der Waals surface area (Å²) in [5, 5.41) is 2.74. The third-order valence-corrected chi connectivity index (χ3v) is 5.75. The van der Waals surface area contributed by atoms with E-state index in [9.17, 15) is 14.4 Å². The summed E-state index contributed by atoms with van der Waals surface area (Å²) >= 11 is 3.51. The van der Waals surface area contributed by atoms with Crippen LogP contribution in [0.5, 0.6) is 0 Å². The van der Waals surface area contributed by atoms with Crippen LogP contribution in [0, 0.1) is 6.92 Å². The Kier molecular flexibility index (Phi) is 8.34. The lowest BCUT2D eigenvalue weighted by Crippen LogP contribution is -2.47. The van der Waals surface area contributed by atoms with Crippen LogP contribution in [0.15, 0.2) is 16.6 Å². The van der Waals surface area contributed by atoms with Gasteiger partial charge < -0.3 is 25.6 Å². The molecule has 9 heteroatoms. The first kappa shape index (κ1) is 25.0. The Balaban J connectivity index is 2.08. The molecule has 1 aromatic carbocycles. The highest BCUT2D eigenvalue weighted by Crippen LogP contribution is 2.31. The molecular weight excluding hydrogens is 464 g/mol. The molecule has 172 valence electrons. The molecule has 1 saturated heterocycles. The first-order valence-electron chi connectivity index (χ1n) is 10.5. The Morgan fingerprint density at radius 1 is 1.26 bits per heavy atom. The molecule has 3 N–H and O–H groups in total. The van der Waals surface area contributed by atoms with Crippen molar-refractivity contribution in [2.45, 2.75) is 58.6 Å². The molecule has 0 aromatic heterocycles. The minimum absolute atomic E-state index is 0.0990. The third-order valence-electron chi connectivity index (χ3n) is 5.29. The van der Waals surface area contributed by atoms with Gasteiger partial charge in [0, 0.05) is 54.9 Å². The van der Waals surface area contributed by atoms with Crippen molar-refractivity contribution in [1.29, 1.82) is 0 Å². The highest BCUT2D eigenvalue weighted by atomic mass is 79.9. The van der Waals surface area contributed by atoms with Crippen LogP contribution >= 0.6 is 15.9 Å². The number of carbonyl (C=O) groups excluding carboxylic acids is 3. The molecule has 0 aliphatic carbocycles. The SMILES string of the molecule is Cc1c(C(=O)NCCC(N)=O)cc(Br)cc1N(C)C1CCN(C(=O)OC(C)(C)C)CC1. The maximum Gasteiger partial charge on any atom is 0.410 e. The van der Waals surface area contributed by atoms with E-state index in [-0.39, 0.29) is 31.0 Å². The van der Waals surface area contributed by atoms with Crippen LogP contribution in [0.1, 0.15) is 56.0 Å². The molecule has 1 fully saturated rings. The second-order valence-corrected chi connectivity index (χ2v) is 9.79. The fourth-order valence-electron chi connectivity index (χ4n) is 3.62. The van der Waals surface area contributed by atoms with Crippen LogP contribution in [-0.2, 0) is 9.53 Å². The quantitative estimate of drug-likeness (QED) is 0.628. The zero-order chi connectivity index (χ0) is 23.3. The molecule has 0 saturated carbocycles. The minimum Gasteiger partial charge on any atom is -0.444 e. The van der Waals surface area contributed by atoms with Crippen LogP contribution in [0.3, 0.4) is 0 Å². The number of nitrogens with one attached hydrogen (secondary N) is 1. The molecule has 8 nitrogen and oxygen atoms in total. The number of carbonyl (C=O) groups is 3. The number of benzene rings is 1. The Bertz CT molecular complexity index is 830. The number of anilines is 1. The zero-order valence-corrected chi connectivity index (χ0v) is 20.5. The van der Waals surface area contributed by atoms with Gasteiger partial charge >= 0.3 is 6.09 Å². The summed E-state index contributed by atoms with van der Waals surface area (Å²) in [7, 11) is 2.01. The van der Waals surface area contributed by atoms with Gasteiger partial charge in [0.25, 0.3) is 5.91 Å². The van der Waals surface area contributed by atoms with Gasteiger partial charge in [-0.05, 0) is 58.2 Å². The summed E-state index contributed by atoms with van der Waals surface area (Å²) < 4.78 is 6.27. The Morgan fingerprint density at radius 3 is 2.42 bits per heavy atom. The summed E-state index contributed by atoms with van der Waals surface area (Å²) in [4.78, 5) is 39.8. The van der Waals surface area contributed by atoms with Crippen molar-refractivity contribution in [3.05, 3.63) is 27.7 Å². The van der Waals surface area contributed by atoms with Gasteiger partial charge in [-0.15, -0.1) is 0 Å². The molecule has 0 radical (unpaired) electrons. The van der Waals surface area contributed by atoms with E-state index in [4.69, 9.17) is 10.5 Å². The summed E-state index contributed by atoms with van der Waals surface area (Å²) in [5.74, 6) is -0.696. The van der Waals surface area contributed by atoms with Crippen molar-refractivity contribution in [2.75, 3.05) is 31.6 Å². The van der Waals surface area contributed by atoms with Crippen LogP contribution in [-0.4, -0.2) is 61.1 Å². The summed E-state index contributed by atoms with van der Waals surface area (Å²) in [6.45, 7) is 8.95. The van der Waals surface area contributed by atoms with Gasteiger partial charge in [-0.1, -0.05) is 15.9 Å². The van der Waals surface area contributed by atoms with Crippen LogP contribution in [0.4, 0.5) is 10.5 Å². The number of hydrogen-bond donors (Lipinski definition) is 2. The average molecular weight is 497 g/mol. The summed E-state index contributed by atoms with van der Waals surface area (Å²) in [6.07, 6.45) is 1.44. The number of amides is 3. The standard InChI is InChI=1S/C22H33BrN4O4/c1-14-17(20(29)25-9-6-19(24)28)12-15(23)13-18(14)26(5)16-7-10-27(11-8-16)21(30)31-22(2,3)4/h12-13,16H,6-11H2,1-5H3,(H2,24,28)(H,25,29). The second kappa shape index (κ2) is 10.3. The van der Waals surface area contributed by atoms with E-state index in [0.29, 0.717) is 18.7 Å². The maximum absolute atomic E-state index is 12.6. The Morgan fingerprint density at radius 2 is 1.87 bits per heavy atom. The highest BCUT2D eigenvalue weighted by molar-refractivity contribution is 9.10. The molecule has 1 aliphatic rings. The van der Waals surface area contributed by atoms with Crippen LogP contribution in [0.2, 0.25) is 0 Å². The van der Waals surface area contributed by atoms with Crippen molar-refractivity contribution in [1.82, 2.24) is 10.2 Å². The van der Waals surface area contributed by atoms with Gasteiger partial charge in [0.05, 0.1) is 0 Å². The smallest absolute Gasteiger partial charge is 0.410 e. The molecule has 0 unspecified atom stereocenters. The summed E-state index contributed by atoms with van der Waals surface area (Å²) in [6, 6.07) is 4.00. The Hall–Kier alpha value is -2.29. The normalized spacial score (nSPS) is 14.8. The predicted octanol–water partition coefficient (Wildman–Crippen LogP) is 3.20. The van der Waals surface area contributed by atoms with E-state index in [1.165, 1.54) is 0 Å². The van der Waals surface area contributed by atoms with Gasteiger partial charge in [0.1, 0.15) is 5.60 Å². The first-order valence-corrected chi connectivity index (χ1v) is 11.3. The molecule has 1 aliphatic heterocycles. The van der Waals surface area contributed by atoms with Crippen molar-refractivity contribution < 1.29 is 19.1 Å². The van der Waals surface area contributed by atoms with Gasteiger partial charge in [-0.3, -0.25) is 9.59 Å². The van der Waals surface area contributed by atoms with Crippen molar-refractivity contribution >= 4 is 39.5 Å². The number of nitrogens with zero attached hydrogens (tertiary/aromatic N) is 2. The van der Waals surface area contributed by atoms with Crippen molar-refractivity contribution in [3.8, 4) is 0 Å². The van der Waals surface area contributed by atoms with Gasteiger partial charge in [-0.2, -0.15) is 0 Å². The number of nitrogens with two attached hydrogens (primary N) is 1. The molecule has 0 spiro atoms. The largest absolute Gasteiger partial charge is 0.444 e. The third kappa shape index (κ3) is 7.12. The molecule has 1 aromatic rings. The van der Waals surface area contributed by atoms with E-state index in [1.807, 2.05) is 40.8 Å². The number of rotatable bonds is 6. The fraction of sp³-hybridized carbons (Fsp3) is 0.591. The van der Waals surface area contributed by atoms with Crippen LogP contribution < -0.4 is 16.0 Å². The lowest BCUT2D eigenvalue weighted by Gasteiger charge is -2.39. The van der Waals surface area contributed by atoms with E-state index < -0.39 is 11.5 Å². The Labute approximate surface area is 192 Å². The minimum atomic E-state index is -0.507. The first-order chi connectivity index (χ1) is 14.4. The lowest BCUT2D eigenvalue weighted by atomic mass is 10.00. The maximum atomic E-state index is 12.6. The number of ether oxygens (including phenoxy) is 1. The topological polar surface area (TPSA) is 105 Å². The fourth-order valence-corrected chi connectivity index (χ4v) is 4.07. The van der Waals surface area contributed by atoms with Crippen molar-refractivity contribution in [3.63, 3.8) is 0 Å². The van der Waals surface area contributed by atoms with E-state index in [1.54, 1.807) is 11.0 Å². The predicted molar refractivity (Wildman–Crippen MR) is 124 cm³/mol. The average Bonchev–Trinajstić information content (AvgIpc) is 2.67. The molecular formula is C22H33BrN4O4. The molecule has 3 amide bonds. The molecule has 31 heavy (non-hydrogen) atoms. The van der Waals surface area contributed by atoms with E-state index in [0.717, 1.165) is 28.6 Å². The van der Waals surface area contributed by atoms with Crippen molar-refractivity contribution in [2.24, 2.45) is 5.73 Å². The lowest BCUT2D eigenvalue weighted by molar-refractivity contribution is -0.117. The van der Waals surface area contributed by atoms with Crippen LogP contribution in [0.25, 0.3) is 0 Å². The second-order valence-electron chi connectivity index (χ2n) is 8.88. The molecule has 1 heterocycles. The molecule has 0 bridgehead atoms. The summed E-state index contributed by atoms with van der Waals surface area (Å²) in [5.41, 5.74) is 6.99. The van der Waals surface area contributed by atoms with E-state index >= 15 is 0 Å². The number of halogens is 1. The van der Waals surface area contributed by atoms with Gasteiger partial charge in [-0.25, -0.2) is 4.79 Å². The van der Waals surface area contributed by atoms with Gasteiger partial charge in [0.15, 0.2) is 0 Å². The van der Waals surface area contributed by atoms with Gasteiger partial charge in [0.2, 0.25) is 5.91 Å². The molecule has 0 atom stereocenters. The molecule has 2 rings (SSSR count). The number of likely N-dealkylation sites (tertiary alicyclic amines) is 1. The number of piperidine rings is 1. The monoisotopic (exact) mass is 496 g/mol. The highest BCUT2D eigenvalue weighted by Gasteiger charge is 2.29. The number of hydrogen-bond acceptors (Lipinski definition) is 5. The zero-order valence-electron chi connectivity index (χ0n) is 19.0. The number of primary amides is 1. The van der Waals surface area contributed by atoms with E-state index in [2.05, 4.69) is 26.1 Å².